The first-order valence-electron chi connectivity index (χ1n) is 5.60. The maximum atomic E-state index is 11.4. The van der Waals surface area contributed by atoms with E-state index in [2.05, 4.69) is 10.2 Å². The van der Waals surface area contributed by atoms with Gasteiger partial charge in [-0.2, -0.15) is 9.40 Å². The molecule has 0 saturated carbocycles. The van der Waals surface area contributed by atoms with Crippen LogP contribution in [-0.2, 0) is 15.6 Å². The Morgan fingerprint density at radius 2 is 2.16 bits per heavy atom. The van der Waals surface area contributed by atoms with Crippen molar-refractivity contribution in [1.82, 2.24) is 14.5 Å². The molecule has 102 valence electrons. The van der Waals surface area contributed by atoms with Crippen LogP contribution in [0.25, 0.3) is 10.9 Å². The average molecular weight is 302 g/mol. The highest BCUT2D eigenvalue weighted by Crippen LogP contribution is 2.38. The number of nitrogens with one attached hydrogen (secondary N) is 1. The quantitative estimate of drug-likeness (QED) is 0.854. The van der Waals surface area contributed by atoms with E-state index in [4.69, 9.17) is 11.6 Å². The van der Waals surface area contributed by atoms with Gasteiger partial charge in [0.25, 0.3) is 0 Å². The number of sulfonamides is 1. The van der Waals surface area contributed by atoms with Crippen molar-refractivity contribution in [1.29, 1.82) is 0 Å². The van der Waals surface area contributed by atoms with Crippen LogP contribution in [0, 0.1) is 0 Å². The van der Waals surface area contributed by atoms with Gasteiger partial charge in [0.15, 0.2) is 0 Å². The zero-order chi connectivity index (χ0) is 13.8. The summed E-state index contributed by atoms with van der Waals surface area (Å²) in [6.45, 7) is 0.0561. The molecule has 2 N–H and O–H groups in total. The van der Waals surface area contributed by atoms with Crippen molar-refractivity contribution in [3.05, 3.63) is 28.9 Å². The molecule has 0 radical (unpaired) electrons. The van der Waals surface area contributed by atoms with Crippen LogP contribution in [-0.4, -0.2) is 47.4 Å². The minimum Gasteiger partial charge on any atom is -0.382 e. The van der Waals surface area contributed by atoms with Gasteiger partial charge in [0.1, 0.15) is 5.60 Å². The Balaban J connectivity index is 2.04. The van der Waals surface area contributed by atoms with Crippen molar-refractivity contribution in [2.24, 2.45) is 0 Å². The zero-order valence-corrected chi connectivity index (χ0v) is 11.7. The van der Waals surface area contributed by atoms with Crippen molar-refractivity contribution in [2.75, 3.05) is 19.3 Å². The van der Waals surface area contributed by atoms with E-state index in [1.165, 1.54) is 4.31 Å². The SMILES string of the molecule is CS(=O)(=O)N1CC(O)(c2cc(Cl)cc3cn[nH]c23)C1. The lowest BCUT2D eigenvalue weighted by molar-refractivity contribution is -0.0634. The monoisotopic (exact) mass is 301 g/mol. The van der Waals surface area contributed by atoms with Gasteiger partial charge in [-0.15, -0.1) is 0 Å². The third-order valence-electron chi connectivity index (χ3n) is 3.36. The number of aromatic amines is 1. The number of benzene rings is 1. The molecule has 1 aliphatic rings. The lowest BCUT2D eigenvalue weighted by Crippen LogP contribution is -2.60. The standard InChI is InChI=1S/C11H12ClN3O3S/c1-19(17,18)15-5-11(16,6-15)9-3-8(12)2-7-4-13-14-10(7)9/h2-4,16H,5-6H2,1H3,(H,13,14). The fourth-order valence-corrected chi connectivity index (χ4v) is 3.45. The fraction of sp³-hybridized carbons (Fsp3) is 0.364. The summed E-state index contributed by atoms with van der Waals surface area (Å²) in [5.41, 5.74) is 0.0335. The first-order valence-corrected chi connectivity index (χ1v) is 7.83. The summed E-state index contributed by atoms with van der Waals surface area (Å²) in [6.07, 6.45) is 2.73. The Morgan fingerprint density at radius 3 is 2.79 bits per heavy atom. The van der Waals surface area contributed by atoms with Crippen molar-refractivity contribution in [3.8, 4) is 0 Å². The number of β-amino-alcohol motifs (C(OH)–C–C–N with tert-alkyl or cyclic N) is 1. The molecule has 3 rings (SSSR count). The predicted octanol–water partition coefficient (Wildman–Crippen LogP) is 0.679. The number of aliphatic hydroxyl groups is 1. The molecule has 1 fully saturated rings. The normalized spacial score (nSPS) is 19.5. The van der Waals surface area contributed by atoms with Gasteiger partial charge in [-0.1, -0.05) is 11.6 Å². The first-order chi connectivity index (χ1) is 8.79. The Labute approximate surface area is 115 Å². The Kier molecular flexibility index (Phi) is 2.66. The average Bonchev–Trinajstić information content (AvgIpc) is 2.69. The van der Waals surface area contributed by atoms with Crippen molar-refractivity contribution in [2.45, 2.75) is 5.60 Å². The van der Waals surface area contributed by atoms with E-state index in [9.17, 15) is 13.5 Å². The number of fused-ring (bicyclic) bond motifs is 1. The number of hydrogen-bond acceptors (Lipinski definition) is 4. The molecular formula is C11H12ClN3O3S. The second-order valence-electron chi connectivity index (χ2n) is 4.85. The molecule has 1 saturated heterocycles. The molecule has 0 spiro atoms. The summed E-state index contributed by atoms with van der Waals surface area (Å²) in [4.78, 5) is 0. The molecule has 0 amide bonds. The maximum Gasteiger partial charge on any atom is 0.211 e. The first kappa shape index (κ1) is 12.9. The number of rotatable bonds is 2. The van der Waals surface area contributed by atoms with Gasteiger partial charge in [-0.25, -0.2) is 8.42 Å². The highest BCUT2D eigenvalue weighted by Gasteiger charge is 2.47. The van der Waals surface area contributed by atoms with Crippen LogP contribution in [0.3, 0.4) is 0 Å². The number of halogens is 1. The van der Waals surface area contributed by atoms with E-state index in [1.807, 2.05) is 0 Å². The lowest BCUT2D eigenvalue weighted by Gasteiger charge is -2.45. The van der Waals surface area contributed by atoms with Crippen LogP contribution in [0.1, 0.15) is 5.56 Å². The zero-order valence-electron chi connectivity index (χ0n) is 10.1. The van der Waals surface area contributed by atoms with E-state index in [0.29, 0.717) is 16.1 Å². The van der Waals surface area contributed by atoms with E-state index < -0.39 is 15.6 Å². The minimum atomic E-state index is -3.28. The predicted molar refractivity (Wildman–Crippen MR) is 71.4 cm³/mol. The fourth-order valence-electron chi connectivity index (χ4n) is 2.33. The second kappa shape index (κ2) is 3.92. The molecule has 6 nitrogen and oxygen atoms in total. The molecule has 0 atom stereocenters. The Bertz CT molecular complexity index is 750. The topological polar surface area (TPSA) is 86.3 Å². The molecule has 2 aromatic rings. The lowest BCUT2D eigenvalue weighted by atomic mass is 9.87. The number of aromatic nitrogens is 2. The molecule has 1 aromatic heterocycles. The molecular weight excluding hydrogens is 290 g/mol. The molecule has 2 heterocycles. The number of H-pyrrole nitrogens is 1. The van der Waals surface area contributed by atoms with E-state index in [0.717, 1.165) is 11.6 Å². The van der Waals surface area contributed by atoms with Crippen molar-refractivity contribution >= 4 is 32.5 Å². The smallest absolute Gasteiger partial charge is 0.211 e. The molecule has 1 aromatic carbocycles. The summed E-state index contributed by atoms with van der Waals surface area (Å²) in [5, 5.41) is 18.5. The third kappa shape index (κ3) is 2.02. The summed E-state index contributed by atoms with van der Waals surface area (Å²) >= 11 is 6.01. The molecule has 19 heavy (non-hydrogen) atoms. The van der Waals surface area contributed by atoms with Gasteiger partial charge in [-0.3, -0.25) is 5.10 Å². The second-order valence-corrected chi connectivity index (χ2v) is 7.27. The maximum absolute atomic E-state index is 11.4. The van der Waals surface area contributed by atoms with Crippen molar-refractivity contribution in [3.63, 3.8) is 0 Å². The van der Waals surface area contributed by atoms with Gasteiger partial charge < -0.3 is 5.11 Å². The molecule has 0 bridgehead atoms. The molecule has 0 aliphatic carbocycles. The molecule has 8 heteroatoms. The highest BCUT2D eigenvalue weighted by molar-refractivity contribution is 7.88. The number of hydrogen-bond donors (Lipinski definition) is 2. The highest BCUT2D eigenvalue weighted by atomic mass is 35.5. The summed E-state index contributed by atoms with van der Waals surface area (Å²) < 4.78 is 24.0. The Morgan fingerprint density at radius 1 is 1.47 bits per heavy atom. The third-order valence-corrected chi connectivity index (χ3v) is 4.77. The van der Waals surface area contributed by atoms with Crippen LogP contribution >= 0.6 is 11.6 Å². The van der Waals surface area contributed by atoms with Gasteiger partial charge in [-0.05, 0) is 12.1 Å². The summed E-state index contributed by atoms with van der Waals surface area (Å²) in [5.74, 6) is 0. The van der Waals surface area contributed by atoms with E-state index in [1.54, 1.807) is 18.3 Å². The van der Waals surface area contributed by atoms with Crippen LogP contribution in [0.2, 0.25) is 5.02 Å². The van der Waals surface area contributed by atoms with Crippen LogP contribution in [0.5, 0.6) is 0 Å². The van der Waals surface area contributed by atoms with Gasteiger partial charge in [0.2, 0.25) is 10.0 Å². The van der Waals surface area contributed by atoms with E-state index in [-0.39, 0.29) is 13.1 Å². The van der Waals surface area contributed by atoms with Crippen LogP contribution in [0.4, 0.5) is 0 Å². The largest absolute Gasteiger partial charge is 0.382 e. The summed E-state index contributed by atoms with van der Waals surface area (Å²) in [6, 6.07) is 3.38. The van der Waals surface area contributed by atoms with Crippen LogP contribution < -0.4 is 0 Å². The number of nitrogens with zero attached hydrogens (tertiary/aromatic N) is 2. The molecule has 1 aliphatic heterocycles. The molecule has 0 unspecified atom stereocenters. The van der Waals surface area contributed by atoms with Crippen molar-refractivity contribution < 1.29 is 13.5 Å². The Hall–Kier alpha value is -1.15. The summed E-state index contributed by atoms with van der Waals surface area (Å²) in [7, 11) is -3.28. The van der Waals surface area contributed by atoms with Crippen LogP contribution in [0.15, 0.2) is 18.3 Å². The van der Waals surface area contributed by atoms with Gasteiger partial charge >= 0.3 is 0 Å². The minimum absolute atomic E-state index is 0.0281. The van der Waals surface area contributed by atoms with Gasteiger partial charge in [0.05, 0.1) is 18.0 Å². The van der Waals surface area contributed by atoms with E-state index >= 15 is 0 Å². The van der Waals surface area contributed by atoms with Gasteiger partial charge in [0, 0.05) is 29.1 Å².